The van der Waals surface area contributed by atoms with Crippen LogP contribution in [0.3, 0.4) is 0 Å². The lowest BCUT2D eigenvalue weighted by Gasteiger charge is -2.38. The summed E-state index contributed by atoms with van der Waals surface area (Å²) in [5, 5.41) is 5.99. The third-order valence-corrected chi connectivity index (χ3v) is 12.4. The minimum atomic E-state index is -4.60. The molecule has 0 spiro atoms. The number of halogens is 3. The average molecular weight is 791 g/mol. The van der Waals surface area contributed by atoms with Crippen molar-refractivity contribution in [2.45, 2.75) is 76.0 Å². The number of pyridine rings is 2. The zero-order valence-electron chi connectivity index (χ0n) is 32.1. The second-order valence-electron chi connectivity index (χ2n) is 16.0. The number of nitrogens with zero attached hydrogens (tertiary/aromatic N) is 8. The van der Waals surface area contributed by atoms with Crippen LogP contribution in [0.25, 0.3) is 0 Å². The first kappa shape index (κ1) is 38.8. The van der Waals surface area contributed by atoms with Crippen molar-refractivity contribution in [3.8, 4) is 5.88 Å². The Balaban J connectivity index is 0.793. The van der Waals surface area contributed by atoms with Crippen LogP contribution in [0.2, 0.25) is 0 Å². The number of methoxy groups -OCH3 is 1. The Kier molecular flexibility index (Phi) is 11.2. The Bertz CT molecular complexity index is 1970. The number of fused-ring (bicyclic) bond motifs is 1. The normalized spacial score (nSPS) is 22.7. The number of likely N-dealkylation sites (tertiary alicyclic amines) is 2. The fourth-order valence-corrected chi connectivity index (χ4v) is 9.12. The Labute approximate surface area is 329 Å². The highest BCUT2D eigenvalue weighted by Gasteiger charge is 2.38. The van der Waals surface area contributed by atoms with Crippen LogP contribution in [0.5, 0.6) is 5.88 Å². The standard InChI is InChI=1S/C40H49F3N10O4/c1-57-38-33(40(41,42)43)17-30(20-45-38)52-15-9-34-32(23-52)36(47-24-46-34)48-28-8-14-53(22-28)39(56)26-6-10-50(11-7-26)21-25-4-12-51(13-5-25)29-16-27(18-44-19-29)31-2-3-35(54)49-37(31)55/h16-20,24-26,28,31H,2-15,21-23H2,1H3,(H,46,47,48)(H,49,54,55)/t28-,31?/m0/s1. The van der Waals surface area contributed by atoms with Gasteiger partial charge in [-0.15, -0.1) is 0 Å². The van der Waals surface area contributed by atoms with Gasteiger partial charge in [0.25, 0.3) is 0 Å². The molecule has 4 saturated heterocycles. The van der Waals surface area contributed by atoms with E-state index < -0.39 is 17.6 Å². The van der Waals surface area contributed by atoms with Gasteiger partial charge in [-0.05, 0) is 75.2 Å². The fourth-order valence-electron chi connectivity index (χ4n) is 9.12. The minimum absolute atomic E-state index is 0.00413. The number of aromatic nitrogens is 4. The number of nitrogens with one attached hydrogen (secondary N) is 2. The van der Waals surface area contributed by atoms with Crippen molar-refractivity contribution in [2.75, 3.05) is 74.6 Å². The molecule has 2 atom stereocenters. The highest BCUT2D eigenvalue weighted by molar-refractivity contribution is 6.01. The van der Waals surface area contributed by atoms with Gasteiger partial charge in [0, 0.05) is 82.4 Å². The van der Waals surface area contributed by atoms with Gasteiger partial charge in [0.2, 0.25) is 23.6 Å². The van der Waals surface area contributed by atoms with Crippen molar-refractivity contribution in [1.29, 1.82) is 0 Å². The fraction of sp³-hybridized carbons (Fsp3) is 0.575. The lowest BCUT2D eigenvalue weighted by atomic mass is 9.90. The summed E-state index contributed by atoms with van der Waals surface area (Å²) in [6.45, 7) is 6.73. The van der Waals surface area contributed by atoms with Gasteiger partial charge >= 0.3 is 6.18 Å². The van der Waals surface area contributed by atoms with Gasteiger partial charge in [-0.1, -0.05) is 0 Å². The number of ether oxygens (including phenoxy) is 1. The molecule has 5 aliphatic rings. The number of alkyl halides is 3. The van der Waals surface area contributed by atoms with Crippen LogP contribution in [-0.2, 0) is 33.5 Å². The first-order chi connectivity index (χ1) is 27.5. The van der Waals surface area contributed by atoms with Crippen molar-refractivity contribution in [3.05, 3.63) is 59.4 Å². The highest BCUT2D eigenvalue weighted by atomic mass is 19.4. The van der Waals surface area contributed by atoms with Crippen molar-refractivity contribution in [2.24, 2.45) is 11.8 Å². The molecule has 0 saturated carbocycles. The molecule has 8 heterocycles. The van der Waals surface area contributed by atoms with E-state index in [4.69, 9.17) is 4.74 Å². The summed E-state index contributed by atoms with van der Waals surface area (Å²) in [6, 6.07) is 3.13. The average Bonchev–Trinajstić information content (AvgIpc) is 3.69. The predicted octanol–water partition coefficient (Wildman–Crippen LogP) is 4.02. The number of rotatable bonds is 9. The summed E-state index contributed by atoms with van der Waals surface area (Å²) in [5.41, 5.74) is 3.01. The SMILES string of the molecule is COc1ncc(N2CCc3ncnc(N[C@H]4CCN(C(=O)C5CCN(CC6CCN(c7cncc(C8CCC(=O)NC8=O)c7)CC6)CC5)C4)c3C2)cc1C(F)(F)F. The zero-order chi connectivity index (χ0) is 39.7. The van der Waals surface area contributed by atoms with E-state index in [-0.39, 0.29) is 35.6 Å². The maximum absolute atomic E-state index is 13.7. The molecular weight excluding hydrogens is 742 g/mol. The molecular formula is C40H49F3N10O4. The monoisotopic (exact) mass is 790 g/mol. The smallest absolute Gasteiger partial charge is 0.421 e. The first-order valence-electron chi connectivity index (χ1n) is 20.0. The van der Waals surface area contributed by atoms with E-state index in [1.165, 1.54) is 19.6 Å². The van der Waals surface area contributed by atoms with Gasteiger partial charge < -0.3 is 29.7 Å². The predicted molar refractivity (Wildman–Crippen MR) is 205 cm³/mol. The molecule has 2 N–H and O–H groups in total. The maximum Gasteiger partial charge on any atom is 0.421 e. The number of anilines is 3. The van der Waals surface area contributed by atoms with E-state index >= 15 is 0 Å². The molecule has 0 aromatic carbocycles. The molecule has 1 unspecified atom stereocenters. The van der Waals surface area contributed by atoms with Crippen LogP contribution in [0.4, 0.5) is 30.4 Å². The summed E-state index contributed by atoms with van der Waals surface area (Å²) in [6.07, 6.45) is 7.91. The van der Waals surface area contributed by atoms with Gasteiger partial charge in [0.05, 0.1) is 42.5 Å². The second kappa shape index (κ2) is 16.4. The van der Waals surface area contributed by atoms with E-state index in [9.17, 15) is 27.6 Å². The van der Waals surface area contributed by atoms with E-state index in [0.717, 1.165) is 93.4 Å². The molecule has 0 bridgehead atoms. The summed E-state index contributed by atoms with van der Waals surface area (Å²) in [5.74, 6) is 0.183. The topological polar surface area (TPSA) is 149 Å². The van der Waals surface area contributed by atoms with Crippen molar-refractivity contribution >= 4 is 34.9 Å². The number of hydrogen-bond donors (Lipinski definition) is 2. The second-order valence-corrected chi connectivity index (χ2v) is 16.0. The van der Waals surface area contributed by atoms with E-state index in [1.807, 2.05) is 22.1 Å². The van der Waals surface area contributed by atoms with Crippen molar-refractivity contribution in [1.82, 2.24) is 35.1 Å². The third kappa shape index (κ3) is 8.62. The van der Waals surface area contributed by atoms with Gasteiger partial charge in [0.15, 0.2) is 0 Å². The van der Waals surface area contributed by atoms with Crippen molar-refractivity contribution in [3.63, 3.8) is 0 Å². The summed E-state index contributed by atoms with van der Waals surface area (Å²) >= 11 is 0. The number of amides is 3. The van der Waals surface area contributed by atoms with E-state index in [1.54, 1.807) is 6.20 Å². The molecule has 3 amide bonds. The number of carbonyl (C=O) groups is 3. The minimum Gasteiger partial charge on any atom is -0.481 e. The molecule has 17 heteroatoms. The van der Waals surface area contributed by atoms with Crippen LogP contribution >= 0.6 is 0 Å². The van der Waals surface area contributed by atoms with Crippen LogP contribution in [-0.4, -0.2) is 113 Å². The number of hydrogen-bond acceptors (Lipinski definition) is 12. The van der Waals surface area contributed by atoms with Crippen LogP contribution in [0, 0.1) is 11.8 Å². The van der Waals surface area contributed by atoms with Gasteiger partial charge in [0.1, 0.15) is 17.7 Å². The Morgan fingerprint density at radius 2 is 1.68 bits per heavy atom. The molecule has 8 rings (SSSR count). The quantitative estimate of drug-likeness (QED) is 0.302. The summed E-state index contributed by atoms with van der Waals surface area (Å²) in [7, 11) is 1.17. The molecule has 3 aromatic heterocycles. The Morgan fingerprint density at radius 3 is 2.44 bits per heavy atom. The first-order valence-corrected chi connectivity index (χ1v) is 20.0. The maximum atomic E-state index is 13.7. The van der Waals surface area contributed by atoms with Crippen molar-refractivity contribution < 1.29 is 32.3 Å². The van der Waals surface area contributed by atoms with Crippen LogP contribution in [0.15, 0.2) is 37.1 Å². The molecule has 3 aromatic rings. The van der Waals surface area contributed by atoms with Crippen LogP contribution in [0.1, 0.15) is 73.2 Å². The number of carbonyl (C=O) groups excluding carboxylic acids is 3. The number of piperidine rings is 3. The summed E-state index contributed by atoms with van der Waals surface area (Å²) < 4.78 is 46.1. The number of imide groups is 1. The third-order valence-electron chi connectivity index (χ3n) is 12.4. The van der Waals surface area contributed by atoms with Gasteiger partial charge in [-0.25, -0.2) is 15.0 Å². The largest absolute Gasteiger partial charge is 0.481 e. The molecule has 4 fully saturated rings. The molecule has 0 aliphatic carbocycles. The van der Waals surface area contributed by atoms with Crippen LogP contribution < -0.4 is 25.2 Å². The molecule has 304 valence electrons. The van der Waals surface area contributed by atoms with Gasteiger partial charge in [-0.2, -0.15) is 13.2 Å². The molecule has 5 aliphatic heterocycles. The Hall–Kier alpha value is -5.06. The highest BCUT2D eigenvalue weighted by Crippen LogP contribution is 2.38. The lowest BCUT2D eigenvalue weighted by Crippen LogP contribution is -2.45. The Morgan fingerprint density at radius 1 is 0.895 bits per heavy atom. The molecule has 14 nitrogen and oxygen atoms in total. The van der Waals surface area contributed by atoms with Gasteiger partial charge in [-0.3, -0.25) is 24.7 Å². The van der Waals surface area contributed by atoms with E-state index in [0.29, 0.717) is 62.9 Å². The summed E-state index contributed by atoms with van der Waals surface area (Å²) in [4.78, 5) is 63.7. The molecule has 57 heavy (non-hydrogen) atoms. The lowest BCUT2D eigenvalue weighted by molar-refractivity contribution is -0.139. The van der Waals surface area contributed by atoms with E-state index in [2.05, 4.69) is 40.4 Å². The zero-order valence-corrected chi connectivity index (χ0v) is 32.1. The molecule has 0 radical (unpaired) electrons.